The number of hydrogen-bond acceptors (Lipinski definition) is 5. The molecular weight excluding hydrogens is 392 g/mol. The van der Waals surface area contributed by atoms with Gasteiger partial charge in [-0.25, -0.2) is 4.68 Å². The molecule has 1 amide bonds. The van der Waals surface area contributed by atoms with Crippen LogP contribution in [0.3, 0.4) is 0 Å². The van der Waals surface area contributed by atoms with Crippen LogP contribution in [0.2, 0.25) is 5.02 Å². The number of carbonyl (C=O) groups is 1. The molecule has 0 saturated heterocycles. The minimum absolute atomic E-state index is 0.182. The highest BCUT2D eigenvalue weighted by molar-refractivity contribution is 6.45. The second kappa shape index (κ2) is 9.25. The Bertz CT molecular complexity index is 1030. The fourth-order valence-corrected chi connectivity index (χ4v) is 2.92. The molecule has 3 aromatic rings. The molecule has 0 unspecified atom stereocenters. The summed E-state index contributed by atoms with van der Waals surface area (Å²) in [5.41, 5.74) is 3.32. The Morgan fingerprint density at radius 1 is 1.21 bits per heavy atom. The number of ether oxygens (including phenoxy) is 1. The summed E-state index contributed by atoms with van der Waals surface area (Å²) < 4.78 is 7.64. The lowest BCUT2D eigenvalue weighted by Gasteiger charge is -2.12. The first-order valence-corrected chi connectivity index (χ1v) is 9.25. The summed E-state index contributed by atoms with van der Waals surface area (Å²) >= 11 is 5.95. The minimum atomic E-state index is -0.343. The molecular formula is C21H21ClN4O3. The molecule has 1 aromatic heterocycles. The van der Waals surface area contributed by atoms with E-state index in [0.29, 0.717) is 16.5 Å². The van der Waals surface area contributed by atoms with Crippen molar-refractivity contribution in [3.63, 3.8) is 0 Å². The van der Waals surface area contributed by atoms with Gasteiger partial charge < -0.3 is 14.9 Å². The second-order valence-electron chi connectivity index (χ2n) is 6.15. The lowest BCUT2D eigenvalue weighted by Crippen LogP contribution is -2.29. The van der Waals surface area contributed by atoms with Gasteiger partial charge >= 0.3 is 0 Å². The molecule has 0 aliphatic carbocycles. The van der Waals surface area contributed by atoms with Gasteiger partial charge in [0.1, 0.15) is 13.7 Å². The van der Waals surface area contributed by atoms with Gasteiger partial charge in [-0.2, -0.15) is 5.10 Å². The maximum absolute atomic E-state index is 12.2. The van der Waals surface area contributed by atoms with E-state index < -0.39 is 0 Å². The molecule has 29 heavy (non-hydrogen) atoms. The third-order valence-corrected chi connectivity index (χ3v) is 4.50. The molecule has 0 fully saturated rings. The summed E-state index contributed by atoms with van der Waals surface area (Å²) in [5, 5.41) is 11.6. The monoisotopic (exact) mass is 412 g/mol. The van der Waals surface area contributed by atoms with Crippen LogP contribution < -0.4 is 10.1 Å². The molecule has 0 saturated carbocycles. The molecule has 150 valence electrons. The SMILES string of the molecule is CNC(=O)/C(=N/OC)c1ccccc1COc1cc(-c2ccc(Cl)cc2)nn1C. The molecule has 2 aromatic carbocycles. The highest BCUT2D eigenvalue weighted by atomic mass is 35.5. The van der Waals surface area contributed by atoms with Crippen molar-refractivity contribution in [2.45, 2.75) is 6.61 Å². The zero-order valence-electron chi connectivity index (χ0n) is 16.3. The Morgan fingerprint density at radius 2 is 1.93 bits per heavy atom. The third kappa shape index (κ3) is 4.75. The first kappa shape index (κ1) is 20.4. The van der Waals surface area contributed by atoms with E-state index in [1.807, 2.05) is 55.6 Å². The van der Waals surface area contributed by atoms with E-state index in [4.69, 9.17) is 21.2 Å². The maximum Gasteiger partial charge on any atom is 0.273 e. The van der Waals surface area contributed by atoms with Crippen LogP contribution >= 0.6 is 11.6 Å². The topological polar surface area (TPSA) is 77.7 Å². The number of aryl methyl sites for hydroxylation is 1. The highest BCUT2D eigenvalue weighted by Crippen LogP contribution is 2.25. The van der Waals surface area contributed by atoms with E-state index in [1.54, 1.807) is 17.8 Å². The molecule has 1 heterocycles. The van der Waals surface area contributed by atoms with Crippen LogP contribution in [0.5, 0.6) is 5.88 Å². The van der Waals surface area contributed by atoms with Gasteiger partial charge in [0.15, 0.2) is 5.71 Å². The number of hydrogen-bond donors (Lipinski definition) is 1. The van der Waals surface area contributed by atoms with Crippen molar-refractivity contribution >= 4 is 23.2 Å². The van der Waals surface area contributed by atoms with Crippen LogP contribution in [0.25, 0.3) is 11.3 Å². The van der Waals surface area contributed by atoms with Crippen LogP contribution in [-0.4, -0.2) is 35.6 Å². The number of benzene rings is 2. The zero-order valence-corrected chi connectivity index (χ0v) is 17.1. The fraction of sp³-hybridized carbons (Fsp3) is 0.190. The third-order valence-electron chi connectivity index (χ3n) is 4.25. The standard InChI is InChI=1S/C21H21ClN4O3/c1-23-21(27)20(25-28-3)17-7-5-4-6-15(17)13-29-19-12-18(24-26(19)2)14-8-10-16(22)11-9-14/h4-12H,13H2,1-3H3,(H,23,27)/b25-20+. The zero-order chi connectivity index (χ0) is 20.8. The Morgan fingerprint density at radius 3 is 2.62 bits per heavy atom. The number of aromatic nitrogens is 2. The van der Waals surface area contributed by atoms with Gasteiger partial charge in [-0.05, 0) is 17.7 Å². The average Bonchev–Trinajstić information content (AvgIpc) is 3.11. The normalized spacial score (nSPS) is 11.2. The Balaban J connectivity index is 1.83. The summed E-state index contributed by atoms with van der Waals surface area (Å²) in [6, 6.07) is 16.7. The largest absolute Gasteiger partial charge is 0.473 e. The van der Waals surface area contributed by atoms with Crippen molar-refractivity contribution in [2.24, 2.45) is 12.2 Å². The van der Waals surface area contributed by atoms with Crippen molar-refractivity contribution in [1.82, 2.24) is 15.1 Å². The van der Waals surface area contributed by atoms with Gasteiger partial charge in [0.25, 0.3) is 5.91 Å². The van der Waals surface area contributed by atoms with E-state index in [0.717, 1.165) is 16.8 Å². The summed E-state index contributed by atoms with van der Waals surface area (Å²) in [7, 11) is 4.75. The second-order valence-corrected chi connectivity index (χ2v) is 6.58. The predicted molar refractivity (Wildman–Crippen MR) is 112 cm³/mol. The summed E-state index contributed by atoms with van der Waals surface area (Å²) in [5.74, 6) is 0.250. The van der Waals surface area contributed by atoms with Crippen LogP contribution in [0.15, 0.2) is 59.8 Å². The van der Waals surface area contributed by atoms with Crippen LogP contribution in [0.1, 0.15) is 11.1 Å². The first-order valence-electron chi connectivity index (χ1n) is 8.87. The van der Waals surface area contributed by atoms with Gasteiger partial charge in [-0.3, -0.25) is 4.79 Å². The van der Waals surface area contributed by atoms with E-state index >= 15 is 0 Å². The highest BCUT2D eigenvalue weighted by Gasteiger charge is 2.18. The number of likely N-dealkylation sites (N-methyl/N-ethyl adjacent to an activating group) is 1. The number of nitrogens with one attached hydrogen (secondary N) is 1. The van der Waals surface area contributed by atoms with Crippen LogP contribution in [0, 0.1) is 0 Å². The first-order chi connectivity index (χ1) is 14.0. The van der Waals surface area contributed by atoms with Gasteiger partial charge in [0, 0.05) is 36.3 Å². The molecule has 1 N–H and O–H groups in total. The molecule has 0 spiro atoms. The predicted octanol–water partition coefficient (Wildman–Crippen LogP) is 3.42. The molecule has 8 heteroatoms. The Hall–Kier alpha value is -3.32. The molecule has 0 aliphatic rings. The van der Waals surface area contributed by atoms with Crippen molar-refractivity contribution in [1.29, 1.82) is 0 Å². The quantitative estimate of drug-likeness (QED) is 0.476. The Kier molecular flexibility index (Phi) is 6.51. The number of rotatable bonds is 7. The van der Waals surface area contributed by atoms with Gasteiger partial charge in [0.2, 0.25) is 5.88 Å². The maximum atomic E-state index is 12.2. The molecule has 0 aliphatic heterocycles. The van der Waals surface area contributed by atoms with E-state index in [9.17, 15) is 4.79 Å². The van der Waals surface area contributed by atoms with Crippen molar-refractivity contribution in [2.75, 3.05) is 14.2 Å². The smallest absolute Gasteiger partial charge is 0.273 e. The Labute approximate surface area is 173 Å². The molecule has 0 bridgehead atoms. The van der Waals surface area contributed by atoms with Gasteiger partial charge in [-0.1, -0.05) is 53.2 Å². The minimum Gasteiger partial charge on any atom is -0.473 e. The van der Waals surface area contributed by atoms with Crippen LogP contribution in [-0.2, 0) is 23.3 Å². The number of nitrogens with zero attached hydrogens (tertiary/aromatic N) is 3. The van der Waals surface area contributed by atoms with Gasteiger partial charge in [-0.15, -0.1) is 0 Å². The molecule has 0 atom stereocenters. The molecule has 7 nitrogen and oxygen atoms in total. The lowest BCUT2D eigenvalue weighted by atomic mass is 10.0. The van der Waals surface area contributed by atoms with Crippen molar-refractivity contribution < 1.29 is 14.4 Å². The number of amides is 1. The van der Waals surface area contributed by atoms with Gasteiger partial charge in [0.05, 0.1) is 5.69 Å². The summed E-state index contributed by atoms with van der Waals surface area (Å²) in [6.45, 7) is 0.232. The van der Waals surface area contributed by atoms with Crippen molar-refractivity contribution in [3.8, 4) is 17.1 Å². The summed E-state index contributed by atoms with van der Waals surface area (Å²) in [6.07, 6.45) is 0. The van der Waals surface area contributed by atoms with E-state index in [1.165, 1.54) is 7.11 Å². The molecule has 0 radical (unpaired) electrons. The number of oxime groups is 1. The van der Waals surface area contributed by atoms with E-state index in [-0.39, 0.29) is 18.2 Å². The lowest BCUT2D eigenvalue weighted by molar-refractivity contribution is -0.114. The molecule has 3 rings (SSSR count). The summed E-state index contributed by atoms with van der Waals surface area (Å²) in [4.78, 5) is 17.0. The van der Waals surface area contributed by atoms with E-state index in [2.05, 4.69) is 15.6 Å². The van der Waals surface area contributed by atoms with Crippen LogP contribution in [0.4, 0.5) is 0 Å². The number of carbonyl (C=O) groups excluding carboxylic acids is 1. The van der Waals surface area contributed by atoms with Crippen molar-refractivity contribution in [3.05, 3.63) is 70.7 Å². The number of halogens is 1. The fourth-order valence-electron chi connectivity index (χ4n) is 2.80. The average molecular weight is 413 g/mol.